The fraction of sp³-hybridized carbons (Fsp3) is 0. The molecule has 4 heteroatoms. The zero-order valence-electron chi connectivity index (χ0n) is 6.47. The number of rotatable bonds is 0. The summed E-state index contributed by atoms with van der Waals surface area (Å²) in [6, 6.07) is 5.36. The van der Waals surface area contributed by atoms with Gasteiger partial charge in [-0.25, -0.2) is 0 Å². The topological polar surface area (TPSA) is 32.9 Å². The molecule has 2 rings (SSSR count). The van der Waals surface area contributed by atoms with Crippen molar-refractivity contribution in [2.75, 3.05) is 0 Å². The Morgan fingerprint density at radius 2 is 2.15 bits per heavy atom. The Balaban J connectivity index is 3.06. The van der Waals surface area contributed by atoms with Crippen molar-refractivity contribution in [2.24, 2.45) is 0 Å². The van der Waals surface area contributed by atoms with Crippen molar-refractivity contribution in [3.63, 3.8) is 0 Å². The minimum Gasteiger partial charge on any atom is -0.360 e. The van der Waals surface area contributed by atoms with Crippen LogP contribution in [0.25, 0.3) is 10.9 Å². The smallest absolute Gasteiger partial charge is 0.204 e. The number of nitrogens with one attached hydrogen (secondary N) is 1. The van der Waals surface area contributed by atoms with Gasteiger partial charge in [-0.2, -0.15) is 0 Å². The second-order valence-corrected chi connectivity index (χ2v) is 4.20. The van der Waals surface area contributed by atoms with E-state index in [-0.39, 0.29) is 5.43 Å². The van der Waals surface area contributed by atoms with E-state index in [9.17, 15) is 4.79 Å². The second kappa shape index (κ2) is 3.31. The van der Waals surface area contributed by atoms with E-state index in [1.54, 1.807) is 12.3 Å². The first-order valence-electron chi connectivity index (χ1n) is 3.65. The van der Waals surface area contributed by atoms with Crippen LogP contribution in [0.4, 0.5) is 0 Å². The van der Waals surface area contributed by atoms with Gasteiger partial charge in [0.2, 0.25) is 5.43 Å². The van der Waals surface area contributed by atoms with Gasteiger partial charge in [-0.3, -0.25) is 4.79 Å². The van der Waals surface area contributed by atoms with E-state index in [4.69, 9.17) is 11.6 Å². The highest BCUT2D eigenvalue weighted by molar-refractivity contribution is 14.1. The molecular formula is C9H5ClINO. The van der Waals surface area contributed by atoms with Gasteiger partial charge < -0.3 is 4.98 Å². The minimum absolute atomic E-state index is 0.0139. The summed E-state index contributed by atoms with van der Waals surface area (Å²) in [6.07, 6.45) is 1.68. The van der Waals surface area contributed by atoms with Crippen molar-refractivity contribution in [3.8, 4) is 0 Å². The summed E-state index contributed by atoms with van der Waals surface area (Å²) in [7, 11) is 0. The van der Waals surface area contributed by atoms with E-state index in [0.717, 1.165) is 5.52 Å². The highest BCUT2D eigenvalue weighted by Crippen LogP contribution is 2.18. The highest BCUT2D eigenvalue weighted by atomic mass is 127. The summed E-state index contributed by atoms with van der Waals surface area (Å²) < 4.78 is 0.651. The summed E-state index contributed by atoms with van der Waals surface area (Å²) in [5.41, 5.74) is 0.762. The Hall–Kier alpha value is -0.550. The number of aromatic nitrogens is 1. The third kappa shape index (κ3) is 1.46. The Morgan fingerprint density at radius 3 is 2.92 bits per heavy atom. The summed E-state index contributed by atoms with van der Waals surface area (Å²) >= 11 is 7.90. The molecule has 0 amide bonds. The first kappa shape index (κ1) is 9.02. The van der Waals surface area contributed by atoms with E-state index in [1.165, 1.54) is 0 Å². The first-order chi connectivity index (χ1) is 6.20. The van der Waals surface area contributed by atoms with Gasteiger partial charge in [-0.1, -0.05) is 17.7 Å². The quantitative estimate of drug-likeness (QED) is 0.746. The molecule has 1 N–H and O–H groups in total. The van der Waals surface area contributed by atoms with Crippen LogP contribution in [-0.2, 0) is 0 Å². The Labute approximate surface area is 93.1 Å². The van der Waals surface area contributed by atoms with Crippen LogP contribution in [0.5, 0.6) is 0 Å². The molecule has 13 heavy (non-hydrogen) atoms. The molecule has 2 nitrogen and oxygen atoms in total. The number of H-pyrrole nitrogens is 1. The Morgan fingerprint density at radius 1 is 1.38 bits per heavy atom. The molecule has 0 spiro atoms. The van der Waals surface area contributed by atoms with Crippen molar-refractivity contribution in [1.82, 2.24) is 4.98 Å². The van der Waals surface area contributed by atoms with Gasteiger partial charge in [0.1, 0.15) is 0 Å². The van der Waals surface area contributed by atoms with Crippen LogP contribution < -0.4 is 5.43 Å². The Kier molecular flexibility index (Phi) is 2.29. The van der Waals surface area contributed by atoms with Crippen molar-refractivity contribution < 1.29 is 0 Å². The predicted octanol–water partition coefficient (Wildman–Crippen LogP) is 2.79. The predicted molar refractivity (Wildman–Crippen MR) is 62.3 cm³/mol. The maximum absolute atomic E-state index is 11.6. The molecule has 0 fully saturated rings. The molecule has 1 aromatic carbocycles. The zero-order valence-corrected chi connectivity index (χ0v) is 9.39. The lowest BCUT2D eigenvalue weighted by Crippen LogP contribution is -2.06. The molecule has 0 bridgehead atoms. The number of fused-ring (bicyclic) bond motifs is 1. The van der Waals surface area contributed by atoms with Crippen molar-refractivity contribution in [2.45, 2.75) is 0 Å². The molecule has 1 aromatic heterocycles. The summed E-state index contributed by atoms with van der Waals surface area (Å²) in [5, 5.41) is 1.06. The van der Waals surface area contributed by atoms with Gasteiger partial charge in [0.05, 0.1) is 19.5 Å². The van der Waals surface area contributed by atoms with Gasteiger partial charge in [0.15, 0.2) is 0 Å². The van der Waals surface area contributed by atoms with Gasteiger partial charge in [-0.15, -0.1) is 0 Å². The van der Waals surface area contributed by atoms with Crippen molar-refractivity contribution >= 4 is 45.1 Å². The number of hydrogen-bond acceptors (Lipinski definition) is 1. The van der Waals surface area contributed by atoms with Gasteiger partial charge in [0.25, 0.3) is 0 Å². The van der Waals surface area contributed by atoms with E-state index < -0.39 is 0 Å². The van der Waals surface area contributed by atoms with E-state index in [1.807, 2.05) is 34.7 Å². The molecule has 0 saturated heterocycles. The largest absolute Gasteiger partial charge is 0.360 e. The van der Waals surface area contributed by atoms with Crippen LogP contribution in [0.15, 0.2) is 29.2 Å². The summed E-state index contributed by atoms with van der Waals surface area (Å²) in [5.74, 6) is 0. The monoisotopic (exact) mass is 305 g/mol. The number of benzene rings is 1. The molecule has 0 aliphatic heterocycles. The molecule has 0 atom stereocenters. The van der Waals surface area contributed by atoms with Gasteiger partial charge in [0, 0.05) is 6.20 Å². The third-order valence-corrected chi connectivity index (χ3v) is 2.93. The molecule has 0 radical (unpaired) electrons. The molecule has 0 aliphatic rings. The van der Waals surface area contributed by atoms with Crippen molar-refractivity contribution in [1.29, 1.82) is 0 Å². The number of aromatic amines is 1. The minimum atomic E-state index is -0.0139. The molecular weight excluding hydrogens is 300 g/mol. The molecule has 0 saturated carbocycles. The van der Waals surface area contributed by atoms with Crippen LogP contribution in [0.1, 0.15) is 0 Å². The van der Waals surface area contributed by atoms with Gasteiger partial charge >= 0.3 is 0 Å². The average Bonchev–Trinajstić information content (AvgIpc) is 2.12. The van der Waals surface area contributed by atoms with Crippen LogP contribution >= 0.6 is 34.2 Å². The van der Waals surface area contributed by atoms with Crippen LogP contribution in [0.3, 0.4) is 0 Å². The molecule has 0 aliphatic carbocycles. The fourth-order valence-electron chi connectivity index (χ4n) is 1.20. The average molecular weight is 306 g/mol. The normalized spacial score (nSPS) is 10.6. The summed E-state index contributed by atoms with van der Waals surface area (Å²) in [4.78, 5) is 14.6. The van der Waals surface area contributed by atoms with E-state index >= 15 is 0 Å². The van der Waals surface area contributed by atoms with Crippen LogP contribution in [0.2, 0.25) is 5.02 Å². The van der Waals surface area contributed by atoms with Gasteiger partial charge in [-0.05, 0) is 34.7 Å². The summed E-state index contributed by atoms with van der Waals surface area (Å²) in [6.45, 7) is 0. The van der Waals surface area contributed by atoms with Crippen LogP contribution in [0, 0.1) is 3.57 Å². The standard InChI is InChI=1S/C9H5ClINO/c10-5-2-1-3-7-8(5)9(13)6(11)4-12-7/h1-4H,(H,12,13). The Bertz CT molecular complexity index is 520. The molecule has 1 heterocycles. The lowest BCUT2D eigenvalue weighted by atomic mass is 10.2. The number of halogens is 2. The number of pyridine rings is 1. The van der Waals surface area contributed by atoms with Crippen molar-refractivity contribution in [3.05, 3.63) is 43.2 Å². The molecule has 66 valence electrons. The zero-order chi connectivity index (χ0) is 9.42. The lowest BCUT2D eigenvalue weighted by molar-refractivity contribution is 1.36. The van der Waals surface area contributed by atoms with E-state index in [2.05, 4.69) is 4.98 Å². The lowest BCUT2D eigenvalue weighted by Gasteiger charge is -1.99. The molecule has 2 aromatic rings. The van der Waals surface area contributed by atoms with E-state index in [0.29, 0.717) is 14.0 Å². The SMILES string of the molecule is O=c1c(I)c[nH]c2cccc(Cl)c12. The second-order valence-electron chi connectivity index (χ2n) is 2.63. The maximum atomic E-state index is 11.6. The number of hydrogen-bond donors (Lipinski definition) is 1. The fourth-order valence-corrected chi connectivity index (χ4v) is 1.89. The highest BCUT2D eigenvalue weighted by Gasteiger charge is 2.05. The third-order valence-electron chi connectivity index (χ3n) is 1.81. The molecule has 0 unspecified atom stereocenters. The maximum Gasteiger partial charge on any atom is 0.204 e. The first-order valence-corrected chi connectivity index (χ1v) is 5.11. The van der Waals surface area contributed by atoms with Crippen LogP contribution in [-0.4, -0.2) is 4.98 Å².